The van der Waals surface area contributed by atoms with E-state index in [0.29, 0.717) is 24.3 Å². The summed E-state index contributed by atoms with van der Waals surface area (Å²) in [5.41, 5.74) is 3.97. The number of hydrogen-bond donors (Lipinski definition) is 1. The van der Waals surface area contributed by atoms with Gasteiger partial charge in [-0.25, -0.2) is 8.42 Å². The van der Waals surface area contributed by atoms with Gasteiger partial charge in [-0.05, 0) is 67.8 Å². The molecule has 0 fully saturated rings. The molecule has 4 rings (SSSR count). The molecule has 0 saturated carbocycles. The van der Waals surface area contributed by atoms with Crippen LogP contribution in [0.15, 0.2) is 67.0 Å². The van der Waals surface area contributed by atoms with Gasteiger partial charge in [-0.2, -0.15) is 0 Å². The zero-order chi connectivity index (χ0) is 23.6. The molecule has 1 aliphatic heterocycles. The molecule has 0 aliphatic carbocycles. The van der Waals surface area contributed by atoms with Gasteiger partial charge in [0.15, 0.2) is 0 Å². The number of nitrogens with one attached hydrogen (secondary N) is 1. The van der Waals surface area contributed by atoms with Gasteiger partial charge in [0, 0.05) is 29.6 Å². The van der Waals surface area contributed by atoms with E-state index in [-0.39, 0.29) is 18.0 Å². The minimum atomic E-state index is -3.36. The van der Waals surface area contributed by atoms with Crippen LogP contribution in [0.3, 0.4) is 0 Å². The average Bonchev–Trinajstić information content (AvgIpc) is 3.14. The number of nitrogens with zero attached hydrogens (tertiary/aromatic N) is 2. The van der Waals surface area contributed by atoms with E-state index < -0.39 is 10.0 Å². The Bertz CT molecular complexity index is 1240. The molecule has 7 nitrogen and oxygen atoms in total. The van der Waals surface area contributed by atoms with Crippen molar-refractivity contribution < 1.29 is 17.9 Å². The van der Waals surface area contributed by atoms with Gasteiger partial charge in [-0.15, -0.1) is 0 Å². The fraction of sp³-hybridized carbons (Fsp3) is 0.280. The molecule has 0 bridgehead atoms. The number of anilines is 1. The second-order valence-electron chi connectivity index (χ2n) is 8.37. The molecule has 33 heavy (non-hydrogen) atoms. The summed E-state index contributed by atoms with van der Waals surface area (Å²) in [7, 11) is -3.36. The number of benzene rings is 2. The topological polar surface area (TPSA) is 88.6 Å². The number of rotatable bonds is 7. The van der Waals surface area contributed by atoms with E-state index in [1.807, 2.05) is 50.2 Å². The summed E-state index contributed by atoms with van der Waals surface area (Å²) in [6, 6.07) is 16.3. The van der Waals surface area contributed by atoms with Crippen LogP contribution in [0.2, 0.25) is 0 Å². The summed E-state index contributed by atoms with van der Waals surface area (Å²) >= 11 is 0. The van der Waals surface area contributed by atoms with Crippen molar-refractivity contribution in [2.45, 2.75) is 39.0 Å². The second-order valence-corrected chi connectivity index (χ2v) is 10.2. The third kappa shape index (κ3) is 5.17. The lowest BCUT2D eigenvalue weighted by Crippen LogP contribution is -2.34. The van der Waals surface area contributed by atoms with Gasteiger partial charge < -0.3 is 10.1 Å². The molecule has 1 N–H and O–H groups in total. The van der Waals surface area contributed by atoms with E-state index in [2.05, 4.69) is 10.3 Å². The first-order valence-electron chi connectivity index (χ1n) is 10.8. The Morgan fingerprint density at radius 2 is 1.97 bits per heavy atom. The molecule has 2 unspecified atom stereocenters. The minimum absolute atomic E-state index is 0.161. The van der Waals surface area contributed by atoms with Crippen molar-refractivity contribution in [2.24, 2.45) is 0 Å². The number of hydrogen-bond acceptors (Lipinski definition) is 5. The second kappa shape index (κ2) is 9.23. The number of fused-ring (bicyclic) bond motifs is 1. The fourth-order valence-corrected chi connectivity index (χ4v) is 5.38. The SMILES string of the molecule is CC(NC(=O)c1ccc2c(c1)CC(C)N2S(C)(=O)=O)c1ccc(OCc2cccnc2)cc1. The van der Waals surface area contributed by atoms with Crippen LogP contribution < -0.4 is 14.4 Å². The van der Waals surface area contributed by atoms with E-state index in [0.717, 1.165) is 22.4 Å². The Balaban J connectivity index is 1.39. The van der Waals surface area contributed by atoms with Crippen LogP contribution in [0.25, 0.3) is 0 Å². The zero-order valence-corrected chi connectivity index (χ0v) is 19.7. The highest BCUT2D eigenvalue weighted by atomic mass is 32.2. The van der Waals surface area contributed by atoms with Crippen molar-refractivity contribution in [2.75, 3.05) is 10.6 Å². The molecule has 8 heteroatoms. The van der Waals surface area contributed by atoms with Crippen molar-refractivity contribution in [3.8, 4) is 5.75 Å². The van der Waals surface area contributed by atoms with Crippen LogP contribution in [0.4, 0.5) is 5.69 Å². The first kappa shape index (κ1) is 22.8. The standard InChI is InChI=1S/C25H27N3O4S/c1-17-13-22-14-21(8-11-24(22)28(17)33(3,30)31)25(29)27-18(2)20-6-9-23(10-7-20)32-16-19-5-4-12-26-15-19/h4-12,14-15,17-18H,13,16H2,1-3H3,(H,27,29). The Labute approximate surface area is 194 Å². The van der Waals surface area contributed by atoms with E-state index in [9.17, 15) is 13.2 Å². The number of amides is 1. The first-order valence-corrected chi connectivity index (χ1v) is 12.6. The van der Waals surface area contributed by atoms with Crippen molar-refractivity contribution >= 4 is 21.6 Å². The van der Waals surface area contributed by atoms with Crippen LogP contribution in [-0.2, 0) is 23.1 Å². The number of aromatic nitrogens is 1. The molecule has 0 spiro atoms. The highest BCUT2D eigenvalue weighted by Gasteiger charge is 2.32. The number of sulfonamides is 1. The minimum Gasteiger partial charge on any atom is -0.489 e. The lowest BCUT2D eigenvalue weighted by molar-refractivity contribution is 0.0940. The smallest absolute Gasteiger partial charge is 0.251 e. The van der Waals surface area contributed by atoms with Gasteiger partial charge in [0.25, 0.3) is 5.91 Å². The summed E-state index contributed by atoms with van der Waals surface area (Å²) in [5.74, 6) is 0.539. The number of carbonyl (C=O) groups is 1. The Hall–Kier alpha value is -3.39. The molecule has 2 heterocycles. The normalized spacial score (nSPS) is 16.2. The molecule has 1 amide bonds. The van der Waals surface area contributed by atoms with Crippen LogP contribution >= 0.6 is 0 Å². The van der Waals surface area contributed by atoms with E-state index in [1.165, 1.54) is 10.6 Å². The van der Waals surface area contributed by atoms with Gasteiger partial charge in [0.2, 0.25) is 10.0 Å². The molecule has 2 atom stereocenters. The molecule has 1 aromatic heterocycles. The molecule has 172 valence electrons. The average molecular weight is 466 g/mol. The zero-order valence-electron chi connectivity index (χ0n) is 18.9. The summed E-state index contributed by atoms with van der Waals surface area (Å²) in [4.78, 5) is 16.9. The lowest BCUT2D eigenvalue weighted by Gasteiger charge is -2.22. The molecule has 1 aliphatic rings. The maximum absolute atomic E-state index is 12.8. The third-order valence-corrected chi connectivity index (χ3v) is 6.98. The van der Waals surface area contributed by atoms with Crippen LogP contribution in [0.1, 0.15) is 46.9 Å². The number of carbonyl (C=O) groups excluding carboxylic acids is 1. The number of pyridine rings is 1. The third-order valence-electron chi connectivity index (χ3n) is 5.71. The predicted molar refractivity (Wildman–Crippen MR) is 128 cm³/mol. The van der Waals surface area contributed by atoms with Crippen molar-refractivity contribution in [3.63, 3.8) is 0 Å². The van der Waals surface area contributed by atoms with Crippen molar-refractivity contribution in [1.29, 1.82) is 0 Å². The summed E-state index contributed by atoms with van der Waals surface area (Å²) < 4.78 is 31.4. The van der Waals surface area contributed by atoms with Crippen molar-refractivity contribution in [1.82, 2.24) is 10.3 Å². The quantitative estimate of drug-likeness (QED) is 0.572. The molecular formula is C25H27N3O4S. The van der Waals surface area contributed by atoms with Crippen LogP contribution in [-0.4, -0.2) is 31.6 Å². The van der Waals surface area contributed by atoms with Crippen LogP contribution in [0.5, 0.6) is 5.75 Å². The highest BCUT2D eigenvalue weighted by Crippen LogP contribution is 2.34. The summed E-state index contributed by atoms with van der Waals surface area (Å²) in [6.45, 7) is 4.23. The lowest BCUT2D eigenvalue weighted by atomic mass is 10.0. The van der Waals surface area contributed by atoms with E-state index in [1.54, 1.807) is 30.6 Å². The monoisotopic (exact) mass is 465 g/mol. The van der Waals surface area contributed by atoms with E-state index >= 15 is 0 Å². The summed E-state index contributed by atoms with van der Waals surface area (Å²) in [6.07, 6.45) is 5.28. The van der Waals surface area contributed by atoms with Crippen molar-refractivity contribution in [3.05, 3.63) is 89.2 Å². The molecule has 0 saturated heterocycles. The van der Waals surface area contributed by atoms with Gasteiger partial charge in [-0.3, -0.25) is 14.1 Å². The fourth-order valence-electron chi connectivity index (χ4n) is 4.12. The van der Waals surface area contributed by atoms with Gasteiger partial charge >= 0.3 is 0 Å². The summed E-state index contributed by atoms with van der Waals surface area (Å²) in [5, 5.41) is 3.01. The van der Waals surface area contributed by atoms with Gasteiger partial charge in [-0.1, -0.05) is 18.2 Å². The van der Waals surface area contributed by atoms with E-state index in [4.69, 9.17) is 4.74 Å². The Morgan fingerprint density at radius 3 is 2.64 bits per heavy atom. The first-order chi connectivity index (χ1) is 15.7. The number of ether oxygens (including phenoxy) is 1. The Kier molecular flexibility index (Phi) is 6.37. The van der Waals surface area contributed by atoms with Crippen LogP contribution in [0, 0.1) is 0 Å². The molecule has 2 aromatic carbocycles. The Morgan fingerprint density at radius 1 is 1.21 bits per heavy atom. The van der Waals surface area contributed by atoms with Gasteiger partial charge in [0.1, 0.15) is 12.4 Å². The maximum Gasteiger partial charge on any atom is 0.251 e. The largest absolute Gasteiger partial charge is 0.489 e. The highest BCUT2D eigenvalue weighted by molar-refractivity contribution is 7.92. The predicted octanol–water partition coefficient (Wildman–Crippen LogP) is 3.86. The molecular weight excluding hydrogens is 438 g/mol. The van der Waals surface area contributed by atoms with Gasteiger partial charge in [0.05, 0.1) is 18.0 Å². The molecule has 0 radical (unpaired) electrons. The molecule has 3 aromatic rings. The maximum atomic E-state index is 12.8.